The topological polar surface area (TPSA) is 103 Å². The van der Waals surface area contributed by atoms with Crippen molar-refractivity contribution >= 4 is 40.5 Å². The fraction of sp³-hybridized carbons (Fsp3) is 0.100. The molecule has 1 amide bonds. The molecule has 0 spiro atoms. The van der Waals surface area contributed by atoms with Gasteiger partial charge in [-0.05, 0) is 36.4 Å². The number of aromatic nitrogens is 4. The molecule has 0 fully saturated rings. The second kappa shape index (κ2) is 8.26. The molecule has 0 saturated carbocycles. The van der Waals surface area contributed by atoms with E-state index in [1.807, 2.05) is 30.3 Å². The van der Waals surface area contributed by atoms with Crippen molar-refractivity contribution in [3.05, 3.63) is 76.3 Å². The van der Waals surface area contributed by atoms with Crippen LogP contribution in [-0.4, -0.2) is 32.2 Å². The highest BCUT2D eigenvalue weighted by atomic mass is 35.5. The maximum atomic E-state index is 12.5. The second-order valence-electron chi connectivity index (χ2n) is 6.31. The van der Waals surface area contributed by atoms with Gasteiger partial charge in [-0.2, -0.15) is 4.98 Å². The van der Waals surface area contributed by atoms with Crippen LogP contribution >= 0.6 is 11.6 Å². The predicted molar refractivity (Wildman–Crippen MR) is 114 cm³/mol. The number of amides is 1. The molecule has 2 N–H and O–H groups in total. The standard InChI is InChI=1S/C20H17ClN6O3/c1-30-16-8-7-13(21)11-15(16)23-18(28)12-27-20(29)26-10-9-17(24-19(26)25-27)22-14-5-3-2-4-6-14/h2-11H,12H2,1H3,(H,23,28)(H,22,24,25). The van der Waals surface area contributed by atoms with Gasteiger partial charge in [0.1, 0.15) is 18.1 Å². The Morgan fingerprint density at radius 1 is 1.17 bits per heavy atom. The summed E-state index contributed by atoms with van der Waals surface area (Å²) < 4.78 is 7.52. The number of hydrogen-bond acceptors (Lipinski definition) is 6. The van der Waals surface area contributed by atoms with E-state index in [1.54, 1.807) is 30.5 Å². The third-order valence-corrected chi connectivity index (χ3v) is 4.46. The molecule has 0 aliphatic heterocycles. The minimum absolute atomic E-state index is 0.175. The van der Waals surface area contributed by atoms with Gasteiger partial charge in [0.2, 0.25) is 5.91 Å². The van der Waals surface area contributed by atoms with Gasteiger partial charge >= 0.3 is 5.69 Å². The van der Waals surface area contributed by atoms with Gasteiger partial charge in [0, 0.05) is 16.9 Å². The molecule has 30 heavy (non-hydrogen) atoms. The summed E-state index contributed by atoms with van der Waals surface area (Å²) in [6.07, 6.45) is 1.55. The molecule has 0 saturated heterocycles. The summed E-state index contributed by atoms with van der Waals surface area (Å²) in [4.78, 5) is 29.3. The Kier molecular flexibility index (Phi) is 5.36. The molecule has 2 aromatic heterocycles. The maximum Gasteiger partial charge on any atom is 0.352 e. The number of nitrogens with one attached hydrogen (secondary N) is 2. The number of fused-ring (bicyclic) bond motifs is 1. The smallest absolute Gasteiger partial charge is 0.352 e. The third-order valence-electron chi connectivity index (χ3n) is 4.23. The van der Waals surface area contributed by atoms with Crippen molar-refractivity contribution < 1.29 is 9.53 Å². The van der Waals surface area contributed by atoms with E-state index < -0.39 is 11.6 Å². The molecular formula is C20H17ClN6O3. The van der Waals surface area contributed by atoms with Crippen molar-refractivity contribution in [2.24, 2.45) is 0 Å². The van der Waals surface area contributed by atoms with E-state index in [0.717, 1.165) is 10.4 Å². The fourth-order valence-corrected chi connectivity index (χ4v) is 3.02. The van der Waals surface area contributed by atoms with Crippen molar-refractivity contribution in [1.82, 2.24) is 19.2 Å². The summed E-state index contributed by atoms with van der Waals surface area (Å²) >= 11 is 5.98. The normalized spacial score (nSPS) is 10.7. The zero-order chi connectivity index (χ0) is 21.1. The minimum atomic E-state index is -0.475. The first kappa shape index (κ1) is 19.5. The number of benzene rings is 2. The van der Waals surface area contributed by atoms with E-state index >= 15 is 0 Å². The SMILES string of the molecule is COc1ccc(Cl)cc1NC(=O)Cn1nc2nc(Nc3ccccc3)ccn2c1=O. The molecule has 0 aliphatic rings. The van der Waals surface area contributed by atoms with Crippen molar-refractivity contribution in [2.75, 3.05) is 17.7 Å². The zero-order valence-corrected chi connectivity index (χ0v) is 16.6. The molecule has 0 unspecified atom stereocenters. The average molecular weight is 425 g/mol. The molecule has 4 rings (SSSR count). The predicted octanol–water partition coefficient (Wildman–Crippen LogP) is 2.94. The van der Waals surface area contributed by atoms with Crippen molar-refractivity contribution in [3.8, 4) is 5.75 Å². The summed E-state index contributed by atoms with van der Waals surface area (Å²) in [5, 5.41) is 10.4. The second-order valence-corrected chi connectivity index (χ2v) is 6.74. The number of ether oxygens (including phenoxy) is 1. The number of halogens is 1. The van der Waals surface area contributed by atoms with Crippen LogP contribution in [0.5, 0.6) is 5.75 Å². The van der Waals surface area contributed by atoms with E-state index in [1.165, 1.54) is 11.5 Å². The Labute approximate surface area is 175 Å². The average Bonchev–Trinajstić information content (AvgIpc) is 3.03. The van der Waals surface area contributed by atoms with Gasteiger partial charge in [0.05, 0.1) is 12.8 Å². The highest BCUT2D eigenvalue weighted by molar-refractivity contribution is 6.31. The van der Waals surface area contributed by atoms with Crippen molar-refractivity contribution in [2.45, 2.75) is 6.54 Å². The lowest BCUT2D eigenvalue weighted by Gasteiger charge is -2.10. The summed E-state index contributed by atoms with van der Waals surface area (Å²) in [7, 11) is 1.48. The molecule has 0 aliphatic carbocycles. The maximum absolute atomic E-state index is 12.5. The zero-order valence-electron chi connectivity index (χ0n) is 15.9. The van der Waals surface area contributed by atoms with E-state index in [0.29, 0.717) is 22.3 Å². The first-order valence-corrected chi connectivity index (χ1v) is 9.33. The Morgan fingerprint density at radius 3 is 2.73 bits per heavy atom. The lowest BCUT2D eigenvalue weighted by molar-refractivity contribution is -0.117. The van der Waals surface area contributed by atoms with E-state index in [2.05, 4.69) is 20.7 Å². The van der Waals surface area contributed by atoms with Crippen LogP contribution in [0, 0.1) is 0 Å². The molecule has 0 radical (unpaired) electrons. The number of para-hydroxylation sites is 1. The molecule has 2 aromatic carbocycles. The van der Waals surface area contributed by atoms with Gasteiger partial charge in [0.15, 0.2) is 0 Å². The molecular weight excluding hydrogens is 408 g/mol. The van der Waals surface area contributed by atoms with Gasteiger partial charge in [0.25, 0.3) is 5.78 Å². The van der Waals surface area contributed by atoms with Gasteiger partial charge < -0.3 is 15.4 Å². The molecule has 9 nitrogen and oxygen atoms in total. The van der Waals surface area contributed by atoms with Crippen LogP contribution in [0.15, 0.2) is 65.6 Å². The van der Waals surface area contributed by atoms with Crippen molar-refractivity contribution in [1.29, 1.82) is 0 Å². The van der Waals surface area contributed by atoms with E-state index in [9.17, 15) is 9.59 Å². The van der Waals surface area contributed by atoms with E-state index in [4.69, 9.17) is 16.3 Å². The van der Waals surface area contributed by atoms with Crippen molar-refractivity contribution in [3.63, 3.8) is 0 Å². The van der Waals surface area contributed by atoms with Crippen LogP contribution in [0.3, 0.4) is 0 Å². The van der Waals surface area contributed by atoms with Crippen LogP contribution in [0.4, 0.5) is 17.2 Å². The highest BCUT2D eigenvalue weighted by Gasteiger charge is 2.14. The fourth-order valence-electron chi connectivity index (χ4n) is 2.85. The summed E-state index contributed by atoms with van der Waals surface area (Å²) in [5.41, 5.74) is 0.780. The molecule has 2 heterocycles. The summed E-state index contributed by atoms with van der Waals surface area (Å²) in [6, 6.07) is 16.0. The number of anilines is 3. The van der Waals surface area contributed by atoms with Crippen LogP contribution in [0.2, 0.25) is 5.02 Å². The number of rotatable bonds is 6. The summed E-state index contributed by atoms with van der Waals surface area (Å²) in [5.74, 6) is 0.699. The molecule has 0 atom stereocenters. The Bertz CT molecular complexity index is 1270. The molecule has 10 heteroatoms. The van der Waals surface area contributed by atoms with Gasteiger partial charge in [-0.1, -0.05) is 29.8 Å². The Hall–Kier alpha value is -3.85. The Morgan fingerprint density at radius 2 is 1.97 bits per heavy atom. The number of methoxy groups -OCH3 is 1. The molecule has 4 aromatic rings. The lowest BCUT2D eigenvalue weighted by Crippen LogP contribution is -2.28. The Balaban J connectivity index is 1.54. The van der Waals surface area contributed by atoms with Crippen LogP contribution in [0.25, 0.3) is 5.78 Å². The van der Waals surface area contributed by atoms with E-state index in [-0.39, 0.29) is 12.3 Å². The van der Waals surface area contributed by atoms with Gasteiger partial charge in [-0.15, -0.1) is 5.10 Å². The molecule has 152 valence electrons. The quantitative estimate of drug-likeness (QED) is 0.493. The van der Waals surface area contributed by atoms with Gasteiger partial charge in [-0.25, -0.2) is 13.9 Å². The largest absolute Gasteiger partial charge is 0.495 e. The first-order valence-electron chi connectivity index (χ1n) is 8.95. The minimum Gasteiger partial charge on any atom is -0.495 e. The number of carbonyl (C=O) groups is 1. The van der Waals surface area contributed by atoms with Crippen LogP contribution in [-0.2, 0) is 11.3 Å². The number of carbonyl (C=O) groups excluding carboxylic acids is 1. The number of hydrogen-bond donors (Lipinski definition) is 2. The molecule has 0 bridgehead atoms. The third kappa shape index (κ3) is 4.11. The van der Waals surface area contributed by atoms with Crippen LogP contribution in [0.1, 0.15) is 0 Å². The summed E-state index contributed by atoms with van der Waals surface area (Å²) in [6.45, 7) is -0.292. The lowest BCUT2D eigenvalue weighted by atomic mass is 10.3. The van der Waals surface area contributed by atoms with Crippen LogP contribution < -0.4 is 21.1 Å². The monoisotopic (exact) mass is 424 g/mol. The van der Waals surface area contributed by atoms with Gasteiger partial charge in [-0.3, -0.25) is 4.79 Å². The highest BCUT2D eigenvalue weighted by Crippen LogP contribution is 2.27. The number of nitrogens with zero attached hydrogens (tertiary/aromatic N) is 4. The first-order chi connectivity index (χ1) is 14.5.